The molecule has 0 saturated heterocycles. The van der Waals surface area contributed by atoms with Crippen LogP contribution in [0.5, 0.6) is 11.8 Å². The quantitative estimate of drug-likeness (QED) is 0.306. The van der Waals surface area contributed by atoms with E-state index in [9.17, 15) is 24.6 Å². The molecule has 39 heavy (non-hydrogen) atoms. The van der Waals surface area contributed by atoms with Gasteiger partial charge in [-0.2, -0.15) is 15.0 Å². The van der Waals surface area contributed by atoms with Gasteiger partial charge < -0.3 is 29.9 Å². The van der Waals surface area contributed by atoms with Crippen LogP contribution in [-0.2, 0) is 27.2 Å². The van der Waals surface area contributed by atoms with E-state index in [1.807, 2.05) is 24.3 Å². The molecule has 1 aliphatic heterocycles. The van der Waals surface area contributed by atoms with E-state index < -0.39 is 42.2 Å². The highest BCUT2D eigenvalue weighted by Gasteiger charge is 2.34. The number of fused-ring (bicyclic) bond motifs is 1. The van der Waals surface area contributed by atoms with E-state index in [0.717, 1.165) is 11.1 Å². The summed E-state index contributed by atoms with van der Waals surface area (Å²) in [4.78, 5) is 49.6. The normalized spacial score (nSPS) is 16.9. The van der Waals surface area contributed by atoms with Gasteiger partial charge in [-0.3, -0.25) is 10.1 Å². The summed E-state index contributed by atoms with van der Waals surface area (Å²) in [5, 5.41) is 26.0. The molecule has 3 aromatic rings. The highest BCUT2D eigenvalue weighted by atomic mass is 16.6. The SMILES string of the molecule is COC(=O)C1Cc2ccccc2C(c2nc(O)nc(N[C@@H](Cc3ccc(OC(=O)N(C)C)cc3)C(=O)O)n2)N1. The Balaban J connectivity index is 1.55. The first-order chi connectivity index (χ1) is 18.6. The van der Waals surface area contributed by atoms with E-state index in [1.165, 1.54) is 12.0 Å². The molecule has 0 spiro atoms. The minimum Gasteiger partial charge on any atom is -0.480 e. The molecule has 0 aliphatic carbocycles. The Morgan fingerprint density at radius 2 is 1.82 bits per heavy atom. The van der Waals surface area contributed by atoms with Crippen molar-refractivity contribution in [2.45, 2.75) is 31.0 Å². The number of ether oxygens (including phenoxy) is 2. The zero-order valence-corrected chi connectivity index (χ0v) is 21.5. The van der Waals surface area contributed by atoms with Gasteiger partial charge in [0.15, 0.2) is 5.82 Å². The van der Waals surface area contributed by atoms with Crippen LogP contribution in [-0.4, -0.2) is 81.4 Å². The number of aromatic hydroxyl groups is 1. The first kappa shape index (κ1) is 27.3. The number of amides is 1. The van der Waals surface area contributed by atoms with Gasteiger partial charge in [0.1, 0.15) is 17.8 Å². The fraction of sp³-hybridized carbons (Fsp3) is 0.308. The van der Waals surface area contributed by atoms with E-state index in [2.05, 4.69) is 25.6 Å². The van der Waals surface area contributed by atoms with Gasteiger partial charge in [0.2, 0.25) is 5.95 Å². The number of rotatable bonds is 8. The van der Waals surface area contributed by atoms with Crippen LogP contribution in [0.1, 0.15) is 28.6 Å². The number of hydrogen-bond donors (Lipinski definition) is 4. The summed E-state index contributed by atoms with van der Waals surface area (Å²) in [7, 11) is 4.42. The van der Waals surface area contributed by atoms with Crippen LogP contribution >= 0.6 is 0 Å². The van der Waals surface area contributed by atoms with Crippen LogP contribution in [0.15, 0.2) is 48.5 Å². The van der Waals surface area contributed by atoms with Crippen molar-refractivity contribution in [1.82, 2.24) is 25.2 Å². The fourth-order valence-electron chi connectivity index (χ4n) is 4.13. The van der Waals surface area contributed by atoms with Crippen LogP contribution in [0.4, 0.5) is 10.7 Å². The molecule has 13 nitrogen and oxygen atoms in total. The molecule has 4 rings (SSSR count). The fourth-order valence-corrected chi connectivity index (χ4v) is 4.13. The molecule has 1 aliphatic rings. The number of aromatic nitrogens is 3. The number of benzene rings is 2. The smallest absolute Gasteiger partial charge is 0.414 e. The molecule has 13 heteroatoms. The van der Waals surface area contributed by atoms with E-state index in [-0.39, 0.29) is 18.2 Å². The number of esters is 1. The Bertz CT molecular complexity index is 1370. The zero-order valence-electron chi connectivity index (χ0n) is 21.5. The standard InChI is InChI=1S/C26H28N6O7/c1-32(2)26(37)39-16-10-8-14(9-11-16)12-18(22(33)34)28-24-29-21(30-25(36)31-24)20-17-7-5-4-6-15(17)13-19(27-20)23(35)38-3/h4-11,18-20,27H,12-13H2,1-3H3,(H,33,34)(H2,28,29,30,31,36)/t18-,19?,20?/m0/s1. The topological polar surface area (TPSA) is 176 Å². The average Bonchev–Trinajstić information content (AvgIpc) is 2.92. The van der Waals surface area contributed by atoms with Crippen molar-refractivity contribution in [2.24, 2.45) is 0 Å². The van der Waals surface area contributed by atoms with Gasteiger partial charge in [-0.15, -0.1) is 0 Å². The molecule has 2 unspecified atom stereocenters. The molecule has 0 fully saturated rings. The van der Waals surface area contributed by atoms with E-state index in [4.69, 9.17) is 9.47 Å². The van der Waals surface area contributed by atoms with Crippen molar-refractivity contribution in [1.29, 1.82) is 0 Å². The summed E-state index contributed by atoms with van der Waals surface area (Å²) in [5.41, 5.74) is 2.33. The largest absolute Gasteiger partial charge is 0.480 e. The number of nitrogens with zero attached hydrogens (tertiary/aromatic N) is 4. The molecule has 3 atom stereocenters. The number of carboxylic acid groups (broad SMARTS) is 1. The third kappa shape index (κ3) is 6.57. The summed E-state index contributed by atoms with van der Waals surface area (Å²) >= 11 is 0. The molecule has 204 valence electrons. The van der Waals surface area contributed by atoms with Crippen molar-refractivity contribution in [3.63, 3.8) is 0 Å². The molecule has 0 saturated carbocycles. The third-order valence-electron chi connectivity index (χ3n) is 6.08. The summed E-state index contributed by atoms with van der Waals surface area (Å²) in [5.74, 6) is -1.37. The van der Waals surface area contributed by atoms with Crippen molar-refractivity contribution < 1.29 is 34.1 Å². The maximum absolute atomic E-state index is 12.3. The van der Waals surface area contributed by atoms with Gasteiger partial charge in [0.05, 0.1) is 13.2 Å². The van der Waals surface area contributed by atoms with Gasteiger partial charge in [-0.05, 0) is 35.2 Å². The summed E-state index contributed by atoms with van der Waals surface area (Å²) < 4.78 is 10.1. The molecular weight excluding hydrogens is 508 g/mol. The Morgan fingerprint density at radius 3 is 2.49 bits per heavy atom. The number of methoxy groups -OCH3 is 1. The lowest BCUT2D eigenvalue weighted by Crippen LogP contribution is -2.46. The number of carbonyl (C=O) groups is 3. The predicted molar refractivity (Wildman–Crippen MR) is 137 cm³/mol. The van der Waals surface area contributed by atoms with Gasteiger partial charge in [0.25, 0.3) is 0 Å². The van der Waals surface area contributed by atoms with E-state index in [0.29, 0.717) is 17.7 Å². The molecule has 4 N–H and O–H groups in total. The second-order valence-corrected chi connectivity index (χ2v) is 9.04. The number of carbonyl (C=O) groups excluding carboxylic acids is 2. The summed E-state index contributed by atoms with van der Waals surface area (Å²) in [6, 6.07) is 10.7. The monoisotopic (exact) mass is 536 g/mol. The maximum atomic E-state index is 12.3. The van der Waals surface area contributed by atoms with Crippen LogP contribution in [0.25, 0.3) is 0 Å². The Hall–Kier alpha value is -4.78. The van der Waals surface area contributed by atoms with Crippen molar-refractivity contribution in [3.05, 3.63) is 71.0 Å². The zero-order chi connectivity index (χ0) is 28.1. The van der Waals surface area contributed by atoms with Crippen molar-refractivity contribution in [2.75, 3.05) is 26.5 Å². The minimum absolute atomic E-state index is 0.0357. The third-order valence-corrected chi connectivity index (χ3v) is 6.08. The number of nitrogens with one attached hydrogen (secondary N) is 2. The number of aliphatic carboxylic acids is 1. The lowest BCUT2D eigenvalue weighted by Gasteiger charge is -2.31. The molecule has 2 aromatic carbocycles. The minimum atomic E-state index is -1.17. The Labute approximate surface area is 223 Å². The van der Waals surface area contributed by atoms with Crippen LogP contribution < -0.4 is 15.4 Å². The molecule has 0 radical (unpaired) electrons. The summed E-state index contributed by atoms with van der Waals surface area (Å²) in [6.07, 6.45) is -0.102. The van der Waals surface area contributed by atoms with E-state index in [1.54, 1.807) is 38.4 Å². The summed E-state index contributed by atoms with van der Waals surface area (Å²) in [6.45, 7) is 0. The highest BCUT2D eigenvalue weighted by molar-refractivity contribution is 5.77. The molecule has 0 bridgehead atoms. The predicted octanol–water partition coefficient (Wildman–Crippen LogP) is 1.52. The van der Waals surface area contributed by atoms with Crippen LogP contribution in [0.3, 0.4) is 0 Å². The molecular formula is C26H28N6O7. The first-order valence-electron chi connectivity index (χ1n) is 12.0. The van der Waals surface area contributed by atoms with Crippen LogP contribution in [0, 0.1) is 0 Å². The van der Waals surface area contributed by atoms with Crippen LogP contribution in [0.2, 0.25) is 0 Å². The van der Waals surface area contributed by atoms with Crippen molar-refractivity contribution >= 4 is 24.0 Å². The molecule has 1 aromatic heterocycles. The number of hydrogen-bond acceptors (Lipinski definition) is 11. The Morgan fingerprint density at radius 1 is 1.10 bits per heavy atom. The number of anilines is 1. The van der Waals surface area contributed by atoms with E-state index >= 15 is 0 Å². The number of carboxylic acids is 1. The van der Waals surface area contributed by atoms with Gasteiger partial charge in [-0.25, -0.2) is 9.59 Å². The first-order valence-corrected chi connectivity index (χ1v) is 12.0. The maximum Gasteiger partial charge on any atom is 0.414 e. The second kappa shape index (κ2) is 11.7. The Kier molecular flexibility index (Phi) is 8.20. The molecule has 2 heterocycles. The highest BCUT2D eigenvalue weighted by Crippen LogP contribution is 2.30. The molecule has 1 amide bonds. The lowest BCUT2D eigenvalue weighted by molar-refractivity contribution is -0.143. The van der Waals surface area contributed by atoms with Crippen molar-refractivity contribution in [3.8, 4) is 11.8 Å². The lowest BCUT2D eigenvalue weighted by atomic mass is 9.90. The second-order valence-electron chi connectivity index (χ2n) is 9.04. The van der Waals surface area contributed by atoms with Gasteiger partial charge in [0, 0.05) is 20.5 Å². The van der Waals surface area contributed by atoms with Gasteiger partial charge >= 0.3 is 24.0 Å². The van der Waals surface area contributed by atoms with Gasteiger partial charge in [-0.1, -0.05) is 36.4 Å². The average molecular weight is 537 g/mol.